The molecule has 0 fully saturated rings. The fraction of sp³-hybridized carbons (Fsp3) is 0.235. The summed E-state index contributed by atoms with van der Waals surface area (Å²) >= 11 is 7.59. The van der Waals surface area contributed by atoms with Gasteiger partial charge in [-0.2, -0.15) is 0 Å². The number of hydrogen-bond donors (Lipinski definition) is 1. The highest BCUT2D eigenvalue weighted by Crippen LogP contribution is 2.22. The van der Waals surface area contributed by atoms with E-state index in [0.717, 1.165) is 28.7 Å². The van der Waals surface area contributed by atoms with Crippen molar-refractivity contribution >= 4 is 44.2 Å². The van der Waals surface area contributed by atoms with Crippen LogP contribution in [-0.2, 0) is 13.0 Å². The number of fused-ring (bicyclic) bond motifs is 2. The molecule has 0 bridgehead atoms. The van der Waals surface area contributed by atoms with Crippen LogP contribution in [0.5, 0.6) is 0 Å². The first-order valence-corrected chi connectivity index (χ1v) is 8.95. The molecule has 0 spiro atoms. The van der Waals surface area contributed by atoms with E-state index in [-0.39, 0.29) is 5.56 Å². The summed E-state index contributed by atoms with van der Waals surface area (Å²) in [5.41, 5.74) is 1.66. The summed E-state index contributed by atoms with van der Waals surface area (Å²) in [4.78, 5) is 26.8. The highest BCUT2D eigenvalue weighted by Gasteiger charge is 2.11. The summed E-state index contributed by atoms with van der Waals surface area (Å²) in [6, 6.07) is 7.45. The lowest BCUT2D eigenvalue weighted by Crippen LogP contribution is -2.21. The second kappa shape index (κ2) is 6.03. The Balaban J connectivity index is 1.72. The minimum absolute atomic E-state index is 0.0305. The van der Waals surface area contributed by atoms with Gasteiger partial charge in [0.05, 0.1) is 29.3 Å². The topological polar surface area (TPSA) is 63.6 Å². The Morgan fingerprint density at radius 2 is 2.21 bits per heavy atom. The van der Waals surface area contributed by atoms with Crippen LogP contribution in [-0.4, -0.2) is 19.5 Å². The number of rotatable bonds is 4. The average molecular weight is 359 g/mol. The number of thiophene rings is 1. The molecule has 0 unspecified atom stereocenters. The summed E-state index contributed by atoms with van der Waals surface area (Å²) in [6.45, 7) is 2.48. The third-order valence-corrected chi connectivity index (χ3v) is 5.22. The van der Waals surface area contributed by atoms with Gasteiger partial charge in [0.1, 0.15) is 10.7 Å². The largest absolute Gasteiger partial charge is 0.340 e. The SMILES string of the molecule is CCCc1cc2c(=O)n(Cc3nc4ccc(Cl)cc4[nH]3)cnc2s1. The predicted octanol–water partition coefficient (Wildman–Crippen LogP) is 3.99. The Morgan fingerprint density at radius 3 is 3.04 bits per heavy atom. The van der Waals surface area contributed by atoms with Gasteiger partial charge >= 0.3 is 0 Å². The van der Waals surface area contributed by atoms with Gasteiger partial charge in [0.15, 0.2) is 0 Å². The van der Waals surface area contributed by atoms with Crippen molar-refractivity contribution in [3.63, 3.8) is 0 Å². The number of benzene rings is 1. The number of nitrogens with one attached hydrogen (secondary N) is 1. The van der Waals surface area contributed by atoms with Crippen molar-refractivity contribution in [1.29, 1.82) is 0 Å². The normalized spacial score (nSPS) is 11.6. The van der Waals surface area contributed by atoms with Gasteiger partial charge in [-0.15, -0.1) is 11.3 Å². The molecule has 122 valence electrons. The van der Waals surface area contributed by atoms with Crippen molar-refractivity contribution in [2.45, 2.75) is 26.3 Å². The van der Waals surface area contributed by atoms with Crippen LogP contribution < -0.4 is 5.56 Å². The highest BCUT2D eigenvalue weighted by atomic mass is 35.5. The number of aromatic amines is 1. The molecule has 0 saturated carbocycles. The number of H-pyrrole nitrogens is 1. The van der Waals surface area contributed by atoms with Crippen molar-refractivity contribution in [2.75, 3.05) is 0 Å². The van der Waals surface area contributed by atoms with Gasteiger partial charge in [-0.3, -0.25) is 9.36 Å². The molecule has 4 aromatic rings. The number of nitrogens with zero attached hydrogens (tertiary/aromatic N) is 3. The fourth-order valence-electron chi connectivity index (χ4n) is 2.76. The van der Waals surface area contributed by atoms with Crippen molar-refractivity contribution in [3.05, 3.63) is 56.7 Å². The standard InChI is InChI=1S/C17H15ClN4OS/c1-2-3-11-7-12-16(24-11)19-9-22(17(12)23)8-15-20-13-5-4-10(18)6-14(13)21-15/h4-7,9H,2-3,8H2,1H3,(H,20,21). The Kier molecular flexibility index (Phi) is 3.86. The van der Waals surface area contributed by atoms with Crippen LogP contribution in [0, 0.1) is 0 Å². The molecule has 7 heteroatoms. The zero-order valence-electron chi connectivity index (χ0n) is 13.0. The molecule has 1 aromatic carbocycles. The maximum atomic E-state index is 12.7. The van der Waals surface area contributed by atoms with E-state index in [1.54, 1.807) is 28.3 Å². The minimum Gasteiger partial charge on any atom is -0.340 e. The van der Waals surface area contributed by atoms with Crippen LogP contribution in [0.3, 0.4) is 0 Å². The third kappa shape index (κ3) is 2.72. The molecule has 0 amide bonds. The van der Waals surface area contributed by atoms with Crippen LogP contribution in [0.15, 0.2) is 35.4 Å². The van der Waals surface area contributed by atoms with Crippen molar-refractivity contribution < 1.29 is 0 Å². The van der Waals surface area contributed by atoms with E-state index in [1.165, 1.54) is 4.88 Å². The Morgan fingerprint density at radius 1 is 1.33 bits per heavy atom. The van der Waals surface area contributed by atoms with Crippen molar-refractivity contribution in [3.8, 4) is 0 Å². The number of halogens is 1. The van der Waals surface area contributed by atoms with Crippen molar-refractivity contribution in [2.24, 2.45) is 0 Å². The first-order valence-electron chi connectivity index (χ1n) is 7.76. The Bertz CT molecular complexity index is 1100. The molecule has 1 N–H and O–H groups in total. The maximum absolute atomic E-state index is 12.7. The zero-order chi connectivity index (χ0) is 16.7. The van der Waals surface area contributed by atoms with Gasteiger partial charge < -0.3 is 4.98 Å². The molecule has 0 saturated heterocycles. The molecule has 3 heterocycles. The van der Waals surface area contributed by atoms with Gasteiger partial charge in [0.2, 0.25) is 0 Å². The molecular formula is C17H15ClN4OS. The molecule has 0 radical (unpaired) electrons. The van der Waals surface area contributed by atoms with Crippen LogP contribution in [0.1, 0.15) is 24.0 Å². The lowest BCUT2D eigenvalue weighted by atomic mass is 10.2. The molecule has 24 heavy (non-hydrogen) atoms. The van der Waals surface area contributed by atoms with Gasteiger partial charge in [-0.05, 0) is 30.7 Å². The van der Waals surface area contributed by atoms with Crippen molar-refractivity contribution in [1.82, 2.24) is 19.5 Å². The van der Waals surface area contributed by atoms with E-state index < -0.39 is 0 Å². The summed E-state index contributed by atoms with van der Waals surface area (Å²) in [6.07, 6.45) is 3.63. The lowest BCUT2D eigenvalue weighted by molar-refractivity contribution is 0.718. The summed E-state index contributed by atoms with van der Waals surface area (Å²) in [5, 5.41) is 1.34. The number of hydrogen-bond acceptors (Lipinski definition) is 4. The van der Waals surface area contributed by atoms with E-state index >= 15 is 0 Å². The molecule has 0 aliphatic heterocycles. The molecule has 0 aliphatic carbocycles. The summed E-state index contributed by atoms with van der Waals surface area (Å²) in [7, 11) is 0. The second-order valence-corrected chi connectivity index (χ2v) is 7.26. The molecule has 3 aromatic heterocycles. The number of aromatic nitrogens is 4. The van der Waals surface area contributed by atoms with Crippen LogP contribution >= 0.6 is 22.9 Å². The quantitative estimate of drug-likeness (QED) is 0.600. The molecule has 4 rings (SSSR count). The summed E-state index contributed by atoms with van der Waals surface area (Å²) < 4.78 is 1.59. The first-order chi connectivity index (χ1) is 11.6. The average Bonchev–Trinajstić information content (AvgIpc) is 3.13. The minimum atomic E-state index is -0.0305. The van der Waals surface area contributed by atoms with E-state index in [1.807, 2.05) is 18.2 Å². The molecule has 5 nitrogen and oxygen atoms in total. The summed E-state index contributed by atoms with van der Waals surface area (Å²) in [5.74, 6) is 0.708. The van der Waals surface area contributed by atoms with Gasteiger partial charge in [-0.25, -0.2) is 9.97 Å². The second-order valence-electron chi connectivity index (χ2n) is 5.70. The molecule has 0 atom stereocenters. The first kappa shape index (κ1) is 15.4. The van der Waals surface area contributed by atoms with Gasteiger partial charge in [0, 0.05) is 9.90 Å². The van der Waals surface area contributed by atoms with E-state index in [2.05, 4.69) is 21.9 Å². The zero-order valence-corrected chi connectivity index (χ0v) is 14.6. The number of imidazole rings is 1. The Labute approximate surface area is 146 Å². The predicted molar refractivity (Wildman–Crippen MR) is 98.1 cm³/mol. The smallest absolute Gasteiger partial charge is 0.262 e. The van der Waals surface area contributed by atoms with Gasteiger partial charge in [0.25, 0.3) is 5.56 Å². The Hall–Kier alpha value is -2.18. The van der Waals surface area contributed by atoms with E-state index in [0.29, 0.717) is 22.8 Å². The van der Waals surface area contributed by atoms with E-state index in [9.17, 15) is 4.79 Å². The monoisotopic (exact) mass is 358 g/mol. The molecule has 0 aliphatic rings. The number of aryl methyl sites for hydroxylation is 1. The lowest BCUT2D eigenvalue weighted by Gasteiger charge is -2.02. The highest BCUT2D eigenvalue weighted by molar-refractivity contribution is 7.18. The maximum Gasteiger partial charge on any atom is 0.262 e. The third-order valence-electron chi connectivity index (χ3n) is 3.88. The van der Waals surface area contributed by atoms with Crippen LogP contribution in [0.25, 0.3) is 21.3 Å². The van der Waals surface area contributed by atoms with Crippen LogP contribution in [0.4, 0.5) is 0 Å². The van der Waals surface area contributed by atoms with Gasteiger partial charge in [-0.1, -0.05) is 24.9 Å². The fourth-order valence-corrected chi connectivity index (χ4v) is 4.02. The molecular weight excluding hydrogens is 344 g/mol. The van der Waals surface area contributed by atoms with Crippen LogP contribution in [0.2, 0.25) is 5.02 Å². The van der Waals surface area contributed by atoms with E-state index in [4.69, 9.17) is 11.6 Å².